The lowest BCUT2D eigenvalue weighted by Gasteiger charge is -2.08. The van der Waals surface area contributed by atoms with Crippen molar-refractivity contribution in [1.82, 2.24) is 15.3 Å². The first kappa shape index (κ1) is 15.0. The van der Waals surface area contributed by atoms with Crippen LogP contribution in [0.25, 0.3) is 0 Å². The quantitative estimate of drug-likeness (QED) is 0.800. The minimum Gasteiger partial charge on any atom is -0.351 e. The van der Waals surface area contributed by atoms with E-state index < -0.39 is 0 Å². The second-order valence-corrected chi connectivity index (χ2v) is 4.84. The number of rotatable bonds is 6. The molecule has 2 aromatic rings. The van der Waals surface area contributed by atoms with Gasteiger partial charge in [0.15, 0.2) is 0 Å². The fourth-order valence-electron chi connectivity index (χ4n) is 1.83. The molecule has 2 rings (SSSR count). The molecule has 110 valence electrons. The second-order valence-electron chi connectivity index (χ2n) is 4.84. The maximum Gasteiger partial charge on any atom is 0.271 e. The van der Waals surface area contributed by atoms with E-state index in [9.17, 15) is 4.79 Å². The Morgan fingerprint density at radius 1 is 1.19 bits per heavy atom. The third-order valence-corrected chi connectivity index (χ3v) is 3.11. The van der Waals surface area contributed by atoms with Crippen molar-refractivity contribution in [2.45, 2.75) is 26.7 Å². The molecule has 0 fully saturated rings. The van der Waals surface area contributed by atoms with Gasteiger partial charge in [0.05, 0.1) is 12.4 Å². The Balaban J connectivity index is 1.99. The molecular formula is C16H20N4O. The van der Waals surface area contributed by atoms with Crippen molar-refractivity contribution in [1.29, 1.82) is 0 Å². The van der Waals surface area contributed by atoms with Gasteiger partial charge in [-0.3, -0.25) is 4.79 Å². The summed E-state index contributed by atoms with van der Waals surface area (Å²) in [6.45, 7) is 4.77. The highest BCUT2D eigenvalue weighted by Gasteiger charge is 2.07. The molecule has 1 aromatic heterocycles. The fourth-order valence-corrected chi connectivity index (χ4v) is 1.83. The molecule has 0 saturated carbocycles. The van der Waals surface area contributed by atoms with Gasteiger partial charge in [0.2, 0.25) is 0 Å². The Morgan fingerprint density at radius 2 is 2.00 bits per heavy atom. The van der Waals surface area contributed by atoms with Gasteiger partial charge in [0, 0.05) is 12.2 Å². The first-order valence-electron chi connectivity index (χ1n) is 7.13. The SMILES string of the molecule is CCCCNC(=O)c1cnc(Nc2ccccc2C)cn1. The van der Waals surface area contributed by atoms with E-state index in [0.29, 0.717) is 18.1 Å². The van der Waals surface area contributed by atoms with Crippen LogP contribution in [0.4, 0.5) is 11.5 Å². The van der Waals surface area contributed by atoms with Gasteiger partial charge in [-0.1, -0.05) is 31.5 Å². The van der Waals surface area contributed by atoms with Crippen LogP contribution in [0.5, 0.6) is 0 Å². The highest BCUT2D eigenvalue weighted by molar-refractivity contribution is 5.92. The molecule has 0 aliphatic carbocycles. The van der Waals surface area contributed by atoms with Gasteiger partial charge >= 0.3 is 0 Å². The van der Waals surface area contributed by atoms with Crippen molar-refractivity contribution in [3.8, 4) is 0 Å². The number of carbonyl (C=O) groups excluding carboxylic acids is 1. The van der Waals surface area contributed by atoms with Crippen molar-refractivity contribution < 1.29 is 4.79 Å². The van der Waals surface area contributed by atoms with Gasteiger partial charge in [0.25, 0.3) is 5.91 Å². The van der Waals surface area contributed by atoms with Crippen molar-refractivity contribution in [2.24, 2.45) is 0 Å². The normalized spacial score (nSPS) is 10.2. The van der Waals surface area contributed by atoms with Crippen molar-refractivity contribution >= 4 is 17.4 Å². The summed E-state index contributed by atoms with van der Waals surface area (Å²) >= 11 is 0. The number of nitrogens with one attached hydrogen (secondary N) is 2. The standard InChI is InChI=1S/C16H20N4O/c1-3-4-9-17-16(21)14-10-19-15(11-18-14)20-13-8-6-5-7-12(13)2/h5-8,10-11H,3-4,9H2,1-2H3,(H,17,21)(H,19,20). The molecule has 5 nitrogen and oxygen atoms in total. The number of unbranched alkanes of at least 4 members (excludes halogenated alkanes) is 1. The summed E-state index contributed by atoms with van der Waals surface area (Å²) in [7, 11) is 0. The third kappa shape index (κ3) is 4.27. The number of hydrogen-bond acceptors (Lipinski definition) is 4. The van der Waals surface area contributed by atoms with Crippen LogP contribution in [0.3, 0.4) is 0 Å². The molecule has 1 aromatic carbocycles. The van der Waals surface area contributed by atoms with E-state index >= 15 is 0 Å². The van der Waals surface area contributed by atoms with Crippen molar-refractivity contribution in [3.63, 3.8) is 0 Å². The van der Waals surface area contributed by atoms with Crippen LogP contribution < -0.4 is 10.6 Å². The second kappa shape index (κ2) is 7.38. The van der Waals surface area contributed by atoms with E-state index in [-0.39, 0.29) is 5.91 Å². The third-order valence-electron chi connectivity index (χ3n) is 3.11. The van der Waals surface area contributed by atoms with Crippen LogP contribution >= 0.6 is 0 Å². The number of nitrogens with zero attached hydrogens (tertiary/aromatic N) is 2. The van der Waals surface area contributed by atoms with Gasteiger partial charge < -0.3 is 10.6 Å². The highest BCUT2D eigenvalue weighted by atomic mass is 16.1. The minimum absolute atomic E-state index is 0.182. The summed E-state index contributed by atoms with van der Waals surface area (Å²) in [5.41, 5.74) is 2.44. The Morgan fingerprint density at radius 3 is 2.67 bits per heavy atom. The Labute approximate surface area is 124 Å². The summed E-state index contributed by atoms with van der Waals surface area (Å²) in [6.07, 6.45) is 5.07. The van der Waals surface area contributed by atoms with E-state index in [1.54, 1.807) is 6.20 Å². The molecule has 0 saturated heterocycles. The number of aromatic nitrogens is 2. The van der Waals surface area contributed by atoms with Crippen LogP contribution in [0.1, 0.15) is 35.8 Å². The van der Waals surface area contributed by atoms with E-state index in [1.165, 1.54) is 6.20 Å². The monoisotopic (exact) mass is 284 g/mol. The fraction of sp³-hybridized carbons (Fsp3) is 0.312. The molecule has 2 N–H and O–H groups in total. The predicted octanol–water partition coefficient (Wildman–Crippen LogP) is 3.06. The number of amides is 1. The number of carbonyl (C=O) groups is 1. The lowest BCUT2D eigenvalue weighted by Crippen LogP contribution is -2.25. The number of para-hydroxylation sites is 1. The minimum atomic E-state index is -0.182. The molecule has 1 heterocycles. The molecular weight excluding hydrogens is 264 g/mol. The average Bonchev–Trinajstić information content (AvgIpc) is 2.50. The number of anilines is 2. The Hall–Kier alpha value is -2.43. The van der Waals surface area contributed by atoms with Gasteiger partial charge in [-0.25, -0.2) is 9.97 Å². The van der Waals surface area contributed by atoms with Crippen LogP contribution in [0, 0.1) is 6.92 Å². The first-order valence-corrected chi connectivity index (χ1v) is 7.13. The van der Waals surface area contributed by atoms with Crippen LogP contribution in [0.15, 0.2) is 36.7 Å². The zero-order valence-electron chi connectivity index (χ0n) is 12.4. The van der Waals surface area contributed by atoms with Gasteiger partial charge in [-0.15, -0.1) is 0 Å². The zero-order chi connectivity index (χ0) is 15.1. The zero-order valence-corrected chi connectivity index (χ0v) is 12.4. The van der Waals surface area contributed by atoms with E-state index in [4.69, 9.17) is 0 Å². The van der Waals surface area contributed by atoms with E-state index in [2.05, 4.69) is 27.5 Å². The summed E-state index contributed by atoms with van der Waals surface area (Å²) in [5.74, 6) is 0.438. The highest BCUT2D eigenvalue weighted by Crippen LogP contribution is 2.17. The molecule has 5 heteroatoms. The Kier molecular flexibility index (Phi) is 5.26. The van der Waals surface area contributed by atoms with Crippen molar-refractivity contribution in [3.05, 3.63) is 47.9 Å². The molecule has 0 aliphatic heterocycles. The maximum atomic E-state index is 11.8. The first-order chi connectivity index (χ1) is 10.2. The topological polar surface area (TPSA) is 66.9 Å². The summed E-state index contributed by atoms with van der Waals surface area (Å²) in [4.78, 5) is 20.2. The largest absolute Gasteiger partial charge is 0.351 e. The van der Waals surface area contributed by atoms with Crippen LogP contribution in [0.2, 0.25) is 0 Å². The smallest absolute Gasteiger partial charge is 0.271 e. The molecule has 0 unspecified atom stereocenters. The summed E-state index contributed by atoms with van der Waals surface area (Å²) < 4.78 is 0. The predicted molar refractivity (Wildman–Crippen MR) is 83.7 cm³/mol. The molecule has 0 spiro atoms. The molecule has 0 aliphatic rings. The van der Waals surface area contributed by atoms with Gasteiger partial charge in [0.1, 0.15) is 11.5 Å². The van der Waals surface area contributed by atoms with Crippen molar-refractivity contribution in [2.75, 3.05) is 11.9 Å². The molecule has 0 bridgehead atoms. The number of benzene rings is 1. The van der Waals surface area contributed by atoms with E-state index in [1.807, 2.05) is 31.2 Å². The Bertz CT molecular complexity index is 595. The van der Waals surface area contributed by atoms with Crippen LogP contribution in [-0.2, 0) is 0 Å². The molecule has 0 atom stereocenters. The van der Waals surface area contributed by atoms with Gasteiger partial charge in [-0.05, 0) is 25.0 Å². The summed E-state index contributed by atoms with van der Waals surface area (Å²) in [6, 6.07) is 7.93. The van der Waals surface area contributed by atoms with Crippen LogP contribution in [-0.4, -0.2) is 22.4 Å². The number of hydrogen-bond donors (Lipinski definition) is 2. The molecule has 21 heavy (non-hydrogen) atoms. The average molecular weight is 284 g/mol. The van der Waals surface area contributed by atoms with Gasteiger partial charge in [-0.2, -0.15) is 0 Å². The lowest BCUT2D eigenvalue weighted by molar-refractivity contribution is 0.0948. The van der Waals surface area contributed by atoms with E-state index in [0.717, 1.165) is 24.1 Å². The molecule has 1 amide bonds. The maximum absolute atomic E-state index is 11.8. The lowest BCUT2D eigenvalue weighted by atomic mass is 10.2. The summed E-state index contributed by atoms with van der Waals surface area (Å²) in [5, 5.41) is 6.00. The number of aryl methyl sites for hydroxylation is 1. The molecule has 0 radical (unpaired) electrons.